The van der Waals surface area contributed by atoms with Crippen molar-refractivity contribution >= 4 is 11.7 Å². The number of benzene rings is 1. The summed E-state index contributed by atoms with van der Waals surface area (Å²) in [6.45, 7) is 2.83. The van der Waals surface area contributed by atoms with Gasteiger partial charge in [0.05, 0.1) is 25.3 Å². The van der Waals surface area contributed by atoms with Gasteiger partial charge in [-0.25, -0.2) is 0 Å². The molecule has 1 aromatic carbocycles. The second-order valence-electron chi connectivity index (χ2n) is 6.10. The van der Waals surface area contributed by atoms with Crippen molar-refractivity contribution in [1.82, 2.24) is 0 Å². The summed E-state index contributed by atoms with van der Waals surface area (Å²) in [6, 6.07) is 6.06. The van der Waals surface area contributed by atoms with Gasteiger partial charge in [-0.3, -0.25) is 4.79 Å². The van der Waals surface area contributed by atoms with Crippen molar-refractivity contribution in [2.45, 2.75) is 51.5 Å². The van der Waals surface area contributed by atoms with E-state index in [9.17, 15) is 4.79 Å². The smallest absolute Gasteiger partial charge is 0.306 e. The van der Waals surface area contributed by atoms with Crippen molar-refractivity contribution in [3.8, 4) is 11.5 Å². The predicted molar refractivity (Wildman–Crippen MR) is 90.4 cm³/mol. The summed E-state index contributed by atoms with van der Waals surface area (Å²) in [5.74, 6) is 0.751. The minimum Gasteiger partial charge on any atom is -0.497 e. The second kappa shape index (κ2) is 8.65. The van der Waals surface area contributed by atoms with Crippen molar-refractivity contribution in [1.29, 1.82) is 0 Å². The highest BCUT2D eigenvalue weighted by molar-refractivity contribution is 5.70. The summed E-state index contributed by atoms with van der Waals surface area (Å²) in [4.78, 5) is 11.0. The van der Waals surface area contributed by atoms with Crippen LogP contribution in [0.1, 0.15) is 45.4 Å². The van der Waals surface area contributed by atoms with Crippen molar-refractivity contribution in [3.63, 3.8) is 0 Å². The highest BCUT2D eigenvalue weighted by Gasteiger charge is 2.26. The van der Waals surface area contributed by atoms with Gasteiger partial charge in [-0.15, -0.1) is 0 Å². The molecule has 2 N–H and O–H groups in total. The van der Waals surface area contributed by atoms with Gasteiger partial charge in [0.1, 0.15) is 11.5 Å². The molecule has 5 heteroatoms. The summed E-state index contributed by atoms with van der Waals surface area (Å²) >= 11 is 0. The first kappa shape index (κ1) is 17.4. The summed E-state index contributed by atoms with van der Waals surface area (Å²) < 4.78 is 11.2. The predicted octanol–water partition coefficient (Wildman–Crippen LogP) is 3.93. The van der Waals surface area contributed by atoms with Gasteiger partial charge in [0.2, 0.25) is 0 Å². The quantitative estimate of drug-likeness (QED) is 0.710. The number of hydrogen-bond acceptors (Lipinski definition) is 4. The van der Waals surface area contributed by atoms with Gasteiger partial charge in [-0.1, -0.05) is 13.3 Å². The first-order valence-corrected chi connectivity index (χ1v) is 8.44. The van der Waals surface area contributed by atoms with Crippen LogP contribution in [0.2, 0.25) is 0 Å². The third-order valence-electron chi connectivity index (χ3n) is 4.38. The zero-order chi connectivity index (χ0) is 16.7. The largest absolute Gasteiger partial charge is 0.497 e. The van der Waals surface area contributed by atoms with E-state index in [1.807, 2.05) is 18.2 Å². The van der Waals surface area contributed by atoms with Crippen LogP contribution in [0.5, 0.6) is 11.5 Å². The molecule has 0 spiro atoms. The third kappa shape index (κ3) is 5.05. The molecular weight excluding hydrogens is 294 g/mol. The first-order chi connectivity index (χ1) is 11.1. The Bertz CT molecular complexity index is 510. The van der Waals surface area contributed by atoms with Gasteiger partial charge in [-0.05, 0) is 44.2 Å². The molecule has 1 aromatic rings. The molecule has 2 rings (SSSR count). The molecule has 0 bridgehead atoms. The first-order valence-electron chi connectivity index (χ1n) is 8.44. The average Bonchev–Trinajstić information content (AvgIpc) is 2.56. The number of carbonyl (C=O) groups is 1. The molecule has 0 heterocycles. The van der Waals surface area contributed by atoms with Crippen LogP contribution < -0.4 is 14.8 Å². The molecule has 0 atom stereocenters. The van der Waals surface area contributed by atoms with E-state index in [0.717, 1.165) is 55.7 Å². The van der Waals surface area contributed by atoms with E-state index >= 15 is 0 Å². The second-order valence-corrected chi connectivity index (χ2v) is 6.10. The fourth-order valence-corrected chi connectivity index (χ4v) is 2.91. The number of carboxylic acid groups (broad SMARTS) is 1. The van der Waals surface area contributed by atoms with Crippen LogP contribution in [0.25, 0.3) is 0 Å². The fraction of sp³-hybridized carbons (Fsp3) is 0.611. The van der Waals surface area contributed by atoms with E-state index in [1.165, 1.54) is 0 Å². The molecule has 0 radical (unpaired) electrons. The standard InChI is InChI=1S/C18H27NO4/c1-3-4-11-23-17-10-9-15(22-2)12-16(17)19-14-7-5-13(6-8-14)18(20)21/h9-10,12-14,19H,3-8,11H2,1-2H3,(H,20,21). The zero-order valence-corrected chi connectivity index (χ0v) is 14.0. The molecule has 0 saturated heterocycles. The van der Waals surface area contributed by atoms with E-state index in [2.05, 4.69) is 12.2 Å². The SMILES string of the molecule is CCCCOc1ccc(OC)cc1NC1CCC(C(=O)O)CC1. The number of methoxy groups -OCH3 is 1. The van der Waals surface area contributed by atoms with E-state index in [4.69, 9.17) is 14.6 Å². The Morgan fingerprint density at radius 3 is 2.65 bits per heavy atom. The molecule has 0 aliphatic heterocycles. The molecule has 1 fully saturated rings. The number of nitrogens with one attached hydrogen (secondary N) is 1. The lowest BCUT2D eigenvalue weighted by Gasteiger charge is -2.28. The van der Waals surface area contributed by atoms with Gasteiger partial charge < -0.3 is 19.9 Å². The van der Waals surface area contributed by atoms with Crippen molar-refractivity contribution in [2.75, 3.05) is 19.0 Å². The van der Waals surface area contributed by atoms with E-state index in [0.29, 0.717) is 6.61 Å². The summed E-state index contributed by atoms with van der Waals surface area (Å²) in [6.07, 6.45) is 5.30. The molecule has 1 aliphatic carbocycles. The van der Waals surface area contributed by atoms with Crippen molar-refractivity contribution in [3.05, 3.63) is 18.2 Å². The van der Waals surface area contributed by atoms with E-state index in [-0.39, 0.29) is 12.0 Å². The molecule has 0 unspecified atom stereocenters. The maximum atomic E-state index is 11.0. The number of rotatable bonds is 8. The van der Waals surface area contributed by atoms with Gasteiger partial charge in [0, 0.05) is 12.1 Å². The Hall–Kier alpha value is -1.91. The Balaban J connectivity index is 2.00. The number of unbranched alkanes of at least 4 members (excludes halogenated alkanes) is 1. The van der Waals surface area contributed by atoms with Crippen LogP contribution in [-0.2, 0) is 4.79 Å². The van der Waals surface area contributed by atoms with Gasteiger partial charge in [0.25, 0.3) is 0 Å². The van der Waals surface area contributed by atoms with Gasteiger partial charge >= 0.3 is 5.97 Å². The van der Waals surface area contributed by atoms with Crippen LogP contribution in [0.15, 0.2) is 18.2 Å². The number of hydrogen-bond donors (Lipinski definition) is 2. The fourth-order valence-electron chi connectivity index (χ4n) is 2.91. The molecular formula is C18H27NO4. The highest BCUT2D eigenvalue weighted by Crippen LogP contribution is 2.33. The normalized spacial score (nSPS) is 20.8. The Morgan fingerprint density at radius 1 is 1.30 bits per heavy atom. The van der Waals surface area contributed by atoms with Crippen LogP contribution in [0, 0.1) is 5.92 Å². The molecule has 23 heavy (non-hydrogen) atoms. The van der Waals surface area contributed by atoms with Crippen molar-refractivity contribution < 1.29 is 19.4 Å². The number of carboxylic acids is 1. The van der Waals surface area contributed by atoms with Gasteiger partial charge in [-0.2, -0.15) is 0 Å². The van der Waals surface area contributed by atoms with Crippen molar-refractivity contribution in [2.24, 2.45) is 5.92 Å². The van der Waals surface area contributed by atoms with Crippen LogP contribution in [0.3, 0.4) is 0 Å². The lowest BCUT2D eigenvalue weighted by Crippen LogP contribution is -2.29. The lowest BCUT2D eigenvalue weighted by atomic mass is 9.86. The molecule has 5 nitrogen and oxygen atoms in total. The summed E-state index contributed by atoms with van der Waals surface area (Å²) in [5.41, 5.74) is 0.930. The van der Waals surface area contributed by atoms with Gasteiger partial charge in [0.15, 0.2) is 0 Å². The average molecular weight is 321 g/mol. The topological polar surface area (TPSA) is 67.8 Å². The highest BCUT2D eigenvalue weighted by atomic mass is 16.5. The Kier molecular flexibility index (Phi) is 6.56. The zero-order valence-electron chi connectivity index (χ0n) is 14.0. The molecule has 0 amide bonds. The summed E-state index contributed by atoms with van der Waals surface area (Å²) in [5, 5.41) is 12.6. The molecule has 1 aliphatic rings. The molecule has 0 aromatic heterocycles. The minimum absolute atomic E-state index is 0.196. The summed E-state index contributed by atoms with van der Waals surface area (Å²) in [7, 11) is 1.65. The Labute approximate surface area is 138 Å². The van der Waals surface area contributed by atoms with Crippen LogP contribution in [-0.4, -0.2) is 30.8 Å². The van der Waals surface area contributed by atoms with Crippen LogP contribution in [0.4, 0.5) is 5.69 Å². The number of anilines is 1. The number of ether oxygens (including phenoxy) is 2. The maximum Gasteiger partial charge on any atom is 0.306 e. The monoisotopic (exact) mass is 321 g/mol. The third-order valence-corrected chi connectivity index (χ3v) is 4.38. The van der Waals surface area contributed by atoms with Crippen LogP contribution >= 0.6 is 0 Å². The maximum absolute atomic E-state index is 11.0. The van der Waals surface area contributed by atoms with E-state index < -0.39 is 5.97 Å². The molecule has 1 saturated carbocycles. The number of aliphatic carboxylic acids is 1. The van der Waals surface area contributed by atoms with E-state index in [1.54, 1.807) is 7.11 Å². The minimum atomic E-state index is -0.673. The molecule has 128 valence electrons. The lowest BCUT2D eigenvalue weighted by molar-refractivity contribution is -0.142. The Morgan fingerprint density at radius 2 is 2.04 bits per heavy atom.